The zero-order valence-corrected chi connectivity index (χ0v) is 10.1. The molecule has 0 saturated heterocycles. The Labute approximate surface area is 97.5 Å². The summed E-state index contributed by atoms with van der Waals surface area (Å²) in [4.78, 5) is 13.9. The molecule has 1 rings (SSSR count). The predicted molar refractivity (Wildman–Crippen MR) is 61.8 cm³/mol. The number of rotatable bonds is 3. The molecule has 0 spiro atoms. The van der Waals surface area contributed by atoms with E-state index in [0.717, 1.165) is 0 Å². The highest BCUT2D eigenvalue weighted by Gasteiger charge is 2.26. The maximum absolute atomic E-state index is 12.2. The van der Waals surface area contributed by atoms with Crippen molar-refractivity contribution >= 4 is 5.91 Å². The quantitative estimate of drug-likeness (QED) is 0.577. The first-order chi connectivity index (χ1) is 7.86. The van der Waals surface area contributed by atoms with E-state index < -0.39 is 0 Å². The Hall–Kier alpha value is -1.58. The summed E-state index contributed by atoms with van der Waals surface area (Å²) in [5, 5.41) is 11.6. The summed E-state index contributed by atoms with van der Waals surface area (Å²) in [6.07, 6.45) is -0.219. The first-order valence-electron chi connectivity index (χ1n) is 5.88. The maximum Gasteiger partial charge on any atom is 0.320 e. The second-order valence-corrected chi connectivity index (χ2v) is 4.23. The van der Waals surface area contributed by atoms with Crippen molar-refractivity contribution in [3.63, 3.8) is 0 Å². The molecule has 4 heteroatoms. The van der Waals surface area contributed by atoms with Crippen LogP contribution in [0.25, 0.3) is 0 Å². The average molecular weight is 223 g/mol. The van der Waals surface area contributed by atoms with E-state index in [0.29, 0.717) is 4.73 Å². The van der Waals surface area contributed by atoms with E-state index in [-0.39, 0.29) is 29.9 Å². The molecule has 0 saturated carbocycles. The molecule has 0 aromatic carbocycles. The molecule has 1 aromatic heterocycles. The number of pyridine rings is 1. The van der Waals surface area contributed by atoms with E-state index in [1.54, 1.807) is 11.0 Å². The van der Waals surface area contributed by atoms with E-state index in [9.17, 15) is 10.0 Å². The summed E-state index contributed by atoms with van der Waals surface area (Å²) in [6.45, 7) is 7.60. The predicted octanol–water partition coefficient (Wildman–Crippen LogP) is 1.58. The molecule has 88 valence electrons. The fourth-order valence-electron chi connectivity index (χ4n) is 1.74. The minimum Gasteiger partial charge on any atom is -0.618 e. The zero-order chi connectivity index (χ0) is 13.2. The smallest absolute Gasteiger partial charge is 0.320 e. The highest BCUT2D eigenvalue weighted by atomic mass is 16.5. The van der Waals surface area contributed by atoms with E-state index in [4.69, 9.17) is 1.37 Å². The van der Waals surface area contributed by atoms with Crippen molar-refractivity contribution in [3.05, 3.63) is 35.3 Å². The van der Waals surface area contributed by atoms with Gasteiger partial charge >= 0.3 is 5.91 Å². The number of aromatic nitrogens is 1. The molecule has 0 aliphatic heterocycles. The third kappa shape index (κ3) is 2.51. The summed E-state index contributed by atoms with van der Waals surface area (Å²) < 4.78 is 7.75. The second-order valence-electron chi connectivity index (χ2n) is 4.23. The third-order valence-corrected chi connectivity index (χ3v) is 2.33. The van der Waals surface area contributed by atoms with Gasteiger partial charge in [0.25, 0.3) is 5.69 Å². The van der Waals surface area contributed by atoms with Crippen LogP contribution in [-0.4, -0.2) is 22.9 Å². The number of hydrogen-bond donors (Lipinski definition) is 0. The zero-order valence-electron chi connectivity index (χ0n) is 11.1. The molecule has 0 aliphatic carbocycles. The number of hydrogen-bond acceptors (Lipinski definition) is 2. The molecule has 0 bridgehead atoms. The van der Waals surface area contributed by atoms with Crippen LogP contribution in [-0.2, 0) is 0 Å². The third-order valence-electron chi connectivity index (χ3n) is 2.33. The Bertz CT molecular complexity index is 411. The van der Waals surface area contributed by atoms with Gasteiger partial charge in [-0.2, -0.15) is 4.73 Å². The van der Waals surface area contributed by atoms with E-state index >= 15 is 0 Å². The molecule has 16 heavy (non-hydrogen) atoms. The van der Waals surface area contributed by atoms with Gasteiger partial charge in [-0.05, 0) is 33.8 Å². The molecule has 0 atom stereocenters. The minimum atomic E-state index is -0.334. The van der Waals surface area contributed by atoms with E-state index in [1.165, 1.54) is 12.1 Å². The van der Waals surface area contributed by atoms with Gasteiger partial charge in [-0.15, -0.1) is 0 Å². The lowest BCUT2D eigenvalue weighted by Gasteiger charge is -2.29. The van der Waals surface area contributed by atoms with Crippen LogP contribution in [0.4, 0.5) is 0 Å². The van der Waals surface area contributed by atoms with E-state index in [1.807, 2.05) is 27.7 Å². The van der Waals surface area contributed by atoms with Crippen LogP contribution >= 0.6 is 0 Å². The molecule has 0 aliphatic rings. The molecule has 0 N–H and O–H groups in total. The highest BCUT2D eigenvalue weighted by Crippen LogP contribution is 2.09. The Kier molecular flexibility index (Phi) is 3.39. The topological polar surface area (TPSA) is 47.2 Å². The number of nitrogens with zero attached hydrogens (tertiary/aromatic N) is 2. The Balaban J connectivity index is 3.15. The summed E-state index contributed by atoms with van der Waals surface area (Å²) in [5.74, 6) is -0.334. The standard InChI is InChI=1S/C12H18N2O2/c1-9(2)14(10(3)4)12(15)11-7-5-6-8-13(11)16/h5-10H,1-4H3/i8D. The average Bonchev–Trinajstić information content (AvgIpc) is 2.20. The lowest BCUT2D eigenvalue weighted by atomic mass is 10.2. The first-order valence-corrected chi connectivity index (χ1v) is 5.38. The molecular weight excluding hydrogens is 204 g/mol. The second kappa shape index (κ2) is 4.96. The van der Waals surface area contributed by atoms with Gasteiger partial charge < -0.3 is 10.1 Å². The Morgan fingerprint density at radius 2 is 1.94 bits per heavy atom. The molecule has 1 amide bonds. The van der Waals surface area contributed by atoms with Crippen LogP contribution < -0.4 is 4.73 Å². The minimum absolute atomic E-state index is 0.0000926. The van der Waals surface area contributed by atoms with Crippen molar-refractivity contribution in [1.82, 2.24) is 4.90 Å². The van der Waals surface area contributed by atoms with Gasteiger partial charge in [-0.3, -0.25) is 4.79 Å². The van der Waals surface area contributed by atoms with Crippen LogP contribution in [0.3, 0.4) is 0 Å². The van der Waals surface area contributed by atoms with E-state index in [2.05, 4.69) is 0 Å². The lowest BCUT2D eigenvalue weighted by Crippen LogP contribution is -2.47. The molecule has 1 aromatic rings. The molecule has 0 unspecified atom stereocenters. The number of amides is 1. The SMILES string of the molecule is [2H]c1cccc(C(=O)N(C(C)C)C(C)C)[n+]1[O-]. The van der Waals surface area contributed by atoms with Crippen LogP contribution in [0.2, 0.25) is 0 Å². The summed E-state index contributed by atoms with van der Waals surface area (Å²) in [5.41, 5.74) is -0.0000926. The molecule has 1 heterocycles. The summed E-state index contributed by atoms with van der Waals surface area (Å²) in [7, 11) is 0. The van der Waals surface area contributed by atoms with Crippen molar-refractivity contribution < 1.29 is 10.9 Å². The maximum atomic E-state index is 12.2. The fourth-order valence-corrected chi connectivity index (χ4v) is 1.74. The van der Waals surface area contributed by atoms with Crippen LogP contribution in [0.5, 0.6) is 0 Å². The van der Waals surface area contributed by atoms with Gasteiger partial charge in [0.2, 0.25) is 0 Å². The van der Waals surface area contributed by atoms with Gasteiger partial charge in [0, 0.05) is 24.2 Å². The largest absolute Gasteiger partial charge is 0.618 e. The Morgan fingerprint density at radius 1 is 1.38 bits per heavy atom. The molecule has 0 fully saturated rings. The summed E-state index contributed by atoms with van der Waals surface area (Å²) in [6, 6.07) is 4.38. The molecule has 0 radical (unpaired) electrons. The Morgan fingerprint density at radius 3 is 2.44 bits per heavy atom. The van der Waals surface area contributed by atoms with Crippen molar-refractivity contribution in [2.75, 3.05) is 0 Å². The highest BCUT2D eigenvalue weighted by molar-refractivity contribution is 5.91. The van der Waals surface area contributed by atoms with Crippen LogP contribution in [0.15, 0.2) is 24.4 Å². The normalized spacial score (nSPS) is 11.8. The van der Waals surface area contributed by atoms with Crippen molar-refractivity contribution in [2.45, 2.75) is 39.8 Å². The lowest BCUT2D eigenvalue weighted by molar-refractivity contribution is -0.608. The van der Waals surface area contributed by atoms with Gasteiger partial charge in [-0.1, -0.05) is 0 Å². The van der Waals surface area contributed by atoms with Gasteiger partial charge in [0.15, 0.2) is 6.17 Å². The number of carbonyl (C=O) groups is 1. The van der Waals surface area contributed by atoms with Crippen molar-refractivity contribution in [1.29, 1.82) is 0 Å². The molecular formula is C12H18N2O2. The monoisotopic (exact) mass is 223 g/mol. The van der Waals surface area contributed by atoms with Gasteiger partial charge in [0.1, 0.15) is 1.37 Å². The van der Waals surface area contributed by atoms with Crippen LogP contribution in [0.1, 0.15) is 39.6 Å². The fraction of sp³-hybridized carbons (Fsp3) is 0.500. The van der Waals surface area contributed by atoms with Gasteiger partial charge in [0.05, 0.1) is 0 Å². The van der Waals surface area contributed by atoms with Crippen LogP contribution in [0, 0.1) is 5.21 Å². The van der Waals surface area contributed by atoms with Gasteiger partial charge in [-0.25, -0.2) is 0 Å². The van der Waals surface area contributed by atoms with Crippen molar-refractivity contribution in [2.24, 2.45) is 0 Å². The summed E-state index contributed by atoms with van der Waals surface area (Å²) >= 11 is 0. The first kappa shape index (κ1) is 10.9. The molecule has 4 nitrogen and oxygen atoms in total. The number of carbonyl (C=O) groups excluding carboxylic acids is 1. The van der Waals surface area contributed by atoms with Crippen molar-refractivity contribution in [3.8, 4) is 0 Å².